The second-order valence-corrected chi connectivity index (χ2v) is 4.65. The Morgan fingerprint density at radius 1 is 1.44 bits per heavy atom. The van der Waals surface area contributed by atoms with Crippen LogP contribution in [-0.4, -0.2) is 27.7 Å². The van der Waals surface area contributed by atoms with Crippen molar-refractivity contribution in [2.75, 3.05) is 11.9 Å². The lowest BCUT2D eigenvalue weighted by Crippen LogP contribution is -2.30. The molecule has 1 heterocycles. The number of aliphatic hydroxyl groups is 1. The Kier molecular flexibility index (Phi) is 4.09. The fraction of sp³-hybridized carbons (Fsp3) is 0.583. The molecule has 1 aromatic rings. The van der Waals surface area contributed by atoms with Crippen LogP contribution >= 0.6 is 0 Å². The van der Waals surface area contributed by atoms with Gasteiger partial charge in [-0.15, -0.1) is 0 Å². The molecule has 1 aliphatic rings. The van der Waals surface area contributed by atoms with Crippen LogP contribution < -0.4 is 5.32 Å². The topological polar surface area (TPSA) is 88.3 Å². The van der Waals surface area contributed by atoms with Gasteiger partial charge in [-0.1, -0.05) is 12.8 Å². The Morgan fingerprint density at radius 2 is 2.22 bits per heavy atom. The first-order valence-corrected chi connectivity index (χ1v) is 6.19. The molecule has 0 aliphatic heterocycles. The molecule has 0 radical (unpaired) electrons. The van der Waals surface area contributed by atoms with Gasteiger partial charge in [-0.25, -0.2) is 4.98 Å². The Labute approximate surface area is 105 Å². The highest BCUT2D eigenvalue weighted by Crippen LogP contribution is 2.24. The van der Waals surface area contributed by atoms with E-state index >= 15 is 0 Å². The van der Waals surface area contributed by atoms with E-state index in [2.05, 4.69) is 10.3 Å². The summed E-state index contributed by atoms with van der Waals surface area (Å²) in [5.74, 6) is 0.856. The third-order valence-electron chi connectivity index (χ3n) is 3.37. The lowest BCUT2D eigenvalue weighted by molar-refractivity contribution is -0.385. The summed E-state index contributed by atoms with van der Waals surface area (Å²) in [4.78, 5) is 14.0. The maximum Gasteiger partial charge on any atom is 0.287 e. The summed E-state index contributed by atoms with van der Waals surface area (Å²) >= 11 is 0. The van der Waals surface area contributed by atoms with E-state index in [1.54, 1.807) is 6.07 Å². The quantitative estimate of drug-likeness (QED) is 0.630. The van der Waals surface area contributed by atoms with Crippen molar-refractivity contribution < 1.29 is 10.0 Å². The monoisotopic (exact) mass is 251 g/mol. The second-order valence-electron chi connectivity index (χ2n) is 4.65. The summed E-state index contributed by atoms with van der Waals surface area (Å²) in [6.45, 7) is 0.659. The van der Waals surface area contributed by atoms with Gasteiger partial charge < -0.3 is 10.4 Å². The van der Waals surface area contributed by atoms with Crippen LogP contribution in [0, 0.1) is 16.0 Å². The van der Waals surface area contributed by atoms with Gasteiger partial charge in [0.2, 0.25) is 0 Å². The third kappa shape index (κ3) is 3.16. The van der Waals surface area contributed by atoms with E-state index in [4.69, 9.17) is 0 Å². The van der Waals surface area contributed by atoms with Gasteiger partial charge in [0.1, 0.15) is 12.0 Å². The number of hydrogen-bond acceptors (Lipinski definition) is 5. The minimum atomic E-state index is -0.471. The molecule has 0 saturated heterocycles. The van der Waals surface area contributed by atoms with Crippen LogP contribution in [0.25, 0.3) is 0 Å². The first kappa shape index (κ1) is 12.8. The van der Waals surface area contributed by atoms with Gasteiger partial charge in [-0.2, -0.15) is 0 Å². The van der Waals surface area contributed by atoms with Crippen LogP contribution in [0.2, 0.25) is 0 Å². The van der Waals surface area contributed by atoms with Crippen LogP contribution in [0.4, 0.5) is 11.5 Å². The first-order chi connectivity index (χ1) is 8.66. The van der Waals surface area contributed by atoms with E-state index in [0.717, 1.165) is 25.7 Å². The van der Waals surface area contributed by atoms with Crippen molar-refractivity contribution in [3.63, 3.8) is 0 Å². The van der Waals surface area contributed by atoms with Crippen molar-refractivity contribution in [2.24, 2.45) is 5.92 Å². The molecule has 2 N–H and O–H groups in total. The lowest BCUT2D eigenvalue weighted by atomic mass is 9.86. The van der Waals surface area contributed by atoms with Crippen molar-refractivity contribution in [1.29, 1.82) is 0 Å². The first-order valence-electron chi connectivity index (χ1n) is 6.19. The standard InChI is InChI=1S/C12H17N3O3/c16-11-4-2-1-3-9(11)7-13-12-6-5-10(8-14-12)15(17)18/h5-6,8-9,11,16H,1-4,7H2,(H,13,14). The average molecular weight is 251 g/mol. The molecule has 0 amide bonds. The van der Waals surface area contributed by atoms with Crippen LogP contribution in [0.1, 0.15) is 25.7 Å². The number of nitrogens with one attached hydrogen (secondary N) is 1. The number of nitro groups is 1. The molecule has 6 nitrogen and oxygen atoms in total. The van der Waals surface area contributed by atoms with E-state index in [0.29, 0.717) is 12.4 Å². The number of nitrogens with zero attached hydrogens (tertiary/aromatic N) is 2. The van der Waals surface area contributed by atoms with E-state index in [1.165, 1.54) is 12.3 Å². The molecule has 1 fully saturated rings. The number of anilines is 1. The van der Waals surface area contributed by atoms with Crippen molar-refractivity contribution in [3.05, 3.63) is 28.4 Å². The summed E-state index contributed by atoms with van der Waals surface area (Å²) in [6, 6.07) is 3.01. The minimum Gasteiger partial charge on any atom is -0.393 e. The summed E-state index contributed by atoms with van der Waals surface area (Å²) in [6.07, 6.45) is 5.11. The van der Waals surface area contributed by atoms with E-state index in [-0.39, 0.29) is 17.7 Å². The predicted octanol–water partition coefficient (Wildman–Crippen LogP) is 1.95. The smallest absolute Gasteiger partial charge is 0.287 e. The molecule has 2 rings (SSSR count). The van der Waals surface area contributed by atoms with Gasteiger partial charge in [0, 0.05) is 18.5 Å². The average Bonchev–Trinajstić information content (AvgIpc) is 2.38. The Morgan fingerprint density at radius 3 is 2.83 bits per heavy atom. The largest absolute Gasteiger partial charge is 0.393 e. The maximum absolute atomic E-state index is 10.5. The molecule has 1 saturated carbocycles. The van der Waals surface area contributed by atoms with E-state index in [1.807, 2.05) is 0 Å². The predicted molar refractivity (Wildman–Crippen MR) is 67.3 cm³/mol. The van der Waals surface area contributed by atoms with Crippen molar-refractivity contribution in [1.82, 2.24) is 4.98 Å². The zero-order chi connectivity index (χ0) is 13.0. The third-order valence-corrected chi connectivity index (χ3v) is 3.37. The second kappa shape index (κ2) is 5.77. The zero-order valence-corrected chi connectivity index (χ0v) is 10.1. The normalized spacial score (nSPS) is 23.6. The van der Waals surface area contributed by atoms with E-state index in [9.17, 15) is 15.2 Å². The number of aromatic nitrogens is 1. The molecule has 98 valence electrons. The zero-order valence-electron chi connectivity index (χ0n) is 10.1. The van der Waals surface area contributed by atoms with Crippen molar-refractivity contribution in [2.45, 2.75) is 31.8 Å². The lowest BCUT2D eigenvalue weighted by Gasteiger charge is -2.27. The molecular weight excluding hydrogens is 234 g/mol. The van der Waals surface area contributed by atoms with Gasteiger partial charge >= 0.3 is 0 Å². The fourth-order valence-electron chi connectivity index (χ4n) is 2.26. The van der Waals surface area contributed by atoms with Crippen LogP contribution in [0.3, 0.4) is 0 Å². The van der Waals surface area contributed by atoms with Crippen molar-refractivity contribution in [3.8, 4) is 0 Å². The van der Waals surface area contributed by atoms with Crippen molar-refractivity contribution >= 4 is 11.5 Å². The minimum absolute atomic E-state index is 0.0155. The highest BCUT2D eigenvalue weighted by Gasteiger charge is 2.22. The summed E-state index contributed by atoms with van der Waals surface area (Å²) < 4.78 is 0. The van der Waals surface area contributed by atoms with E-state index < -0.39 is 4.92 Å². The molecule has 1 aliphatic carbocycles. The van der Waals surface area contributed by atoms with Gasteiger partial charge in [-0.3, -0.25) is 10.1 Å². The number of rotatable bonds is 4. The molecule has 6 heteroatoms. The Bertz CT molecular complexity index is 408. The Balaban J connectivity index is 1.87. The van der Waals surface area contributed by atoms with Gasteiger partial charge in [0.15, 0.2) is 0 Å². The number of pyridine rings is 1. The summed E-state index contributed by atoms with van der Waals surface area (Å²) in [5, 5.41) is 23.4. The SMILES string of the molecule is O=[N+]([O-])c1ccc(NCC2CCCCC2O)nc1. The van der Waals surface area contributed by atoms with Crippen LogP contribution in [0.5, 0.6) is 0 Å². The maximum atomic E-state index is 10.5. The Hall–Kier alpha value is -1.69. The molecule has 0 spiro atoms. The summed E-state index contributed by atoms with van der Waals surface area (Å²) in [5.41, 5.74) is -0.0155. The summed E-state index contributed by atoms with van der Waals surface area (Å²) in [7, 11) is 0. The molecule has 0 bridgehead atoms. The molecule has 2 atom stereocenters. The molecular formula is C12H17N3O3. The molecule has 2 unspecified atom stereocenters. The highest BCUT2D eigenvalue weighted by molar-refractivity contribution is 5.40. The van der Waals surface area contributed by atoms with Crippen LogP contribution in [-0.2, 0) is 0 Å². The van der Waals surface area contributed by atoms with Gasteiger partial charge in [0.25, 0.3) is 5.69 Å². The molecule has 18 heavy (non-hydrogen) atoms. The fourth-order valence-corrected chi connectivity index (χ4v) is 2.26. The number of aliphatic hydroxyl groups excluding tert-OH is 1. The molecule has 0 aromatic carbocycles. The van der Waals surface area contributed by atoms with Gasteiger partial charge in [-0.05, 0) is 18.9 Å². The van der Waals surface area contributed by atoms with Gasteiger partial charge in [0.05, 0.1) is 11.0 Å². The highest BCUT2D eigenvalue weighted by atomic mass is 16.6. The molecule has 1 aromatic heterocycles. The van der Waals surface area contributed by atoms with Crippen LogP contribution in [0.15, 0.2) is 18.3 Å². The number of hydrogen-bond donors (Lipinski definition) is 2.